The van der Waals surface area contributed by atoms with Crippen LogP contribution in [0.3, 0.4) is 0 Å². The fraction of sp³-hybridized carbons (Fsp3) is 0.400. The molecule has 0 aliphatic carbocycles. The van der Waals surface area contributed by atoms with E-state index in [1.807, 2.05) is 6.92 Å². The summed E-state index contributed by atoms with van der Waals surface area (Å²) < 4.78 is 49.7. The Balaban J connectivity index is 2.95. The number of rotatable bonds is 3. The van der Waals surface area contributed by atoms with Crippen molar-refractivity contribution in [2.24, 2.45) is 0 Å². The van der Waals surface area contributed by atoms with Crippen molar-refractivity contribution in [3.63, 3.8) is 0 Å². The second-order valence-electron chi connectivity index (χ2n) is 3.09. The fourth-order valence-corrected chi connectivity index (χ4v) is 1.17. The van der Waals surface area contributed by atoms with Crippen LogP contribution in [0.2, 0.25) is 0 Å². The van der Waals surface area contributed by atoms with E-state index in [1.54, 1.807) is 0 Å². The van der Waals surface area contributed by atoms with Crippen molar-refractivity contribution in [3.8, 4) is 0 Å². The number of nitrogens with one attached hydrogen (secondary N) is 1. The minimum Gasteiger partial charge on any atom is -0.313 e. The van der Waals surface area contributed by atoms with Crippen LogP contribution in [0, 0.1) is 5.82 Å². The quantitative estimate of drug-likeness (QED) is 0.774. The van der Waals surface area contributed by atoms with E-state index in [1.165, 1.54) is 6.07 Å². The monoisotopic (exact) mass is 221 g/mol. The predicted molar refractivity (Wildman–Crippen MR) is 48.8 cm³/mol. The summed E-state index contributed by atoms with van der Waals surface area (Å²) in [6, 6.07) is 3.01. The maximum atomic E-state index is 12.8. The molecule has 15 heavy (non-hydrogen) atoms. The first kappa shape index (κ1) is 12.0. The molecule has 0 radical (unpaired) electrons. The molecule has 5 heteroatoms. The first-order valence-corrected chi connectivity index (χ1v) is 4.51. The van der Waals surface area contributed by atoms with Crippen LogP contribution >= 0.6 is 0 Å². The first-order valence-electron chi connectivity index (χ1n) is 4.51. The van der Waals surface area contributed by atoms with Gasteiger partial charge in [0.05, 0.1) is 5.56 Å². The Morgan fingerprint density at radius 1 is 1.27 bits per heavy atom. The van der Waals surface area contributed by atoms with Crippen LogP contribution in [-0.4, -0.2) is 6.54 Å². The molecular formula is C10H11F4N. The van der Waals surface area contributed by atoms with Crippen LogP contribution in [0.25, 0.3) is 0 Å². The maximum Gasteiger partial charge on any atom is 0.419 e. The number of halogens is 4. The summed E-state index contributed by atoms with van der Waals surface area (Å²) in [5.74, 6) is -1.23. The predicted octanol–water partition coefficient (Wildman–Crippen LogP) is 2.95. The van der Waals surface area contributed by atoms with Gasteiger partial charge in [-0.2, -0.15) is 13.2 Å². The van der Waals surface area contributed by atoms with Crippen molar-refractivity contribution in [1.82, 2.24) is 5.32 Å². The van der Waals surface area contributed by atoms with E-state index < -0.39 is 17.6 Å². The summed E-state index contributed by atoms with van der Waals surface area (Å²) in [7, 11) is 0. The van der Waals surface area contributed by atoms with E-state index in [-0.39, 0.29) is 0 Å². The number of alkyl halides is 3. The molecule has 0 bridgehead atoms. The minimum absolute atomic E-state index is 0.305. The molecular weight excluding hydrogens is 210 g/mol. The van der Waals surface area contributed by atoms with Gasteiger partial charge in [-0.1, -0.05) is 13.0 Å². The molecule has 0 aliphatic rings. The van der Waals surface area contributed by atoms with E-state index in [0.29, 0.717) is 18.7 Å². The van der Waals surface area contributed by atoms with Gasteiger partial charge in [0, 0.05) is 6.54 Å². The van der Waals surface area contributed by atoms with Gasteiger partial charge in [-0.15, -0.1) is 0 Å². The molecule has 0 amide bonds. The number of hydrogen-bond acceptors (Lipinski definition) is 1. The van der Waals surface area contributed by atoms with E-state index >= 15 is 0 Å². The van der Waals surface area contributed by atoms with Crippen LogP contribution in [0.4, 0.5) is 17.6 Å². The zero-order chi connectivity index (χ0) is 11.5. The van der Waals surface area contributed by atoms with Crippen molar-refractivity contribution in [3.05, 3.63) is 35.1 Å². The molecule has 0 fully saturated rings. The zero-order valence-electron chi connectivity index (χ0n) is 8.16. The summed E-state index contributed by atoms with van der Waals surface area (Å²) in [5.41, 5.74) is -0.788. The van der Waals surface area contributed by atoms with E-state index in [4.69, 9.17) is 0 Å². The molecule has 84 valence electrons. The van der Waals surface area contributed by atoms with Crippen LogP contribution in [-0.2, 0) is 12.7 Å². The Hall–Kier alpha value is -1.10. The van der Waals surface area contributed by atoms with Crippen LogP contribution < -0.4 is 5.32 Å². The average Bonchev–Trinajstić information content (AvgIpc) is 2.15. The number of hydrogen-bond donors (Lipinski definition) is 1. The van der Waals surface area contributed by atoms with E-state index in [2.05, 4.69) is 5.32 Å². The smallest absolute Gasteiger partial charge is 0.313 e. The Morgan fingerprint density at radius 2 is 1.93 bits per heavy atom. The standard InChI is InChI=1S/C10H11F4N/c1-2-15-6-7-3-4-9(11)8(5-7)10(12,13)14/h3-5,15H,2,6H2,1H3. The minimum atomic E-state index is -4.63. The largest absolute Gasteiger partial charge is 0.419 e. The molecule has 0 saturated heterocycles. The molecule has 1 aromatic rings. The van der Waals surface area contributed by atoms with Gasteiger partial charge in [-0.3, -0.25) is 0 Å². The fourth-order valence-electron chi connectivity index (χ4n) is 1.17. The first-order chi connectivity index (χ1) is 6.95. The Bertz CT molecular complexity index is 333. The molecule has 1 rings (SSSR count). The highest BCUT2D eigenvalue weighted by Gasteiger charge is 2.34. The van der Waals surface area contributed by atoms with Gasteiger partial charge in [-0.05, 0) is 24.2 Å². The summed E-state index contributed by atoms with van der Waals surface area (Å²) >= 11 is 0. The number of benzene rings is 1. The summed E-state index contributed by atoms with van der Waals surface area (Å²) in [4.78, 5) is 0. The van der Waals surface area contributed by atoms with Crippen molar-refractivity contribution in [2.45, 2.75) is 19.6 Å². The van der Waals surface area contributed by atoms with Crippen LogP contribution in [0.5, 0.6) is 0 Å². The van der Waals surface area contributed by atoms with Gasteiger partial charge >= 0.3 is 6.18 Å². The highest BCUT2D eigenvalue weighted by Crippen LogP contribution is 2.31. The third-order valence-electron chi connectivity index (χ3n) is 1.92. The molecule has 1 aromatic carbocycles. The van der Waals surface area contributed by atoms with Gasteiger partial charge in [-0.25, -0.2) is 4.39 Å². The van der Waals surface area contributed by atoms with E-state index in [0.717, 1.165) is 12.1 Å². The Labute approximate surface area is 85.1 Å². The molecule has 0 heterocycles. The zero-order valence-corrected chi connectivity index (χ0v) is 8.16. The highest BCUT2D eigenvalue weighted by molar-refractivity contribution is 5.27. The molecule has 0 aliphatic heterocycles. The lowest BCUT2D eigenvalue weighted by atomic mass is 10.1. The highest BCUT2D eigenvalue weighted by atomic mass is 19.4. The molecule has 1 nitrogen and oxygen atoms in total. The van der Waals surface area contributed by atoms with Gasteiger partial charge in [0.25, 0.3) is 0 Å². The summed E-state index contributed by atoms with van der Waals surface area (Å²) in [6.45, 7) is 2.80. The molecule has 1 N–H and O–H groups in total. The lowest BCUT2D eigenvalue weighted by molar-refractivity contribution is -0.140. The Kier molecular flexibility index (Phi) is 3.68. The summed E-state index contributed by atoms with van der Waals surface area (Å²) in [5, 5.41) is 2.87. The Morgan fingerprint density at radius 3 is 2.47 bits per heavy atom. The van der Waals surface area contributed by atoms with E-state index in [9.17, 15) is 17.6 Å². The van der Waals surface area contributed by atoms with Crippen molar-refractivity contribution in [2.75, 3.05) is 6.54 Å². The summed E-state index contributed by atoms with van der Waals surface area (Å²) in [6.07, 6.45) is -4.63. The van der Waals surface area contributed by atoms with Gasteiger partial charge in [0.15, 0.2) is 0 Å². The lowest BCUT2D eigenvalue weighted by Gasteiger charge is -2.10. The third-order valence-corrected chi connectivity index (χ3v) is 1.92. The SMILES string of the molecule is CCNCc1ccc(F)c(C(F)(F)F)c1. The third kappa shape index (κ3) is 3.20. The molecule has 0 spiro atoms. The second-order valence-corrected chi connectivity index (χ2v) is 3.09. The van der Waals surface area contributed by atoms with Crippen molar-refractivity contribution < 1.29 is 17.6 Å². The van der Waals surface area contributed by atoms with Crippen LogP contribution in [0.15, 0.2) is 18.2 Å². The molecule has 0 atom stereocenters. The molecule has 0 unspecified atom stereocenters. The van der Waals surface area contributed by atoms with Crippen LogP contribution in [0.1, 0.15) is 18.1 Å². The maximum absolute atomic E-state index is 12.8. The second kappa shape index (κ2) is 4.61. The average molecular weight is 221 g/mol. The molecule has 0 aromatic heterocycles. The topological polar surface area (TPSA) is 12.0 Å². The lowest BCUT2D eigenvalue weighted by Crippen LogP contribution is -2.14. The normalized spacial score (nSPS) is 11.8. The molecule has 0 saturated carbocycles. The van der Waals surface area contributed by atoms with Crippen molar-refractivity contribution in [1.29, 1.82) is 0 Å². The van der Waals surface area contributed by atoms with Gasteiger partial charge in [0.2, 0.25) is 0 Å². The van der Waals surface area contributed by atoms with Gasteiger partial charge < -0.3 is 5.32 Å². The van der Waals surface area contributed by atoms with Crippen molar-refractivity contribution >= 4 is 0 Å². The van der Waals surface area contributed by atoms with Gasteiger partial charge in [0.1, 0.15) is 5.82 Å².